The summed E-state index contributed by atoms with van der Waals surface area (Å²) in [4.78, 5) is 12.4. The lowest BCUT2D eigenvalue weighted by Gasteiger charge is -2.34. The second kappa shape index (κ2) is 6.12. The molecule has 8 heteroatoms. The van der Waals surface area contributed by atoms with Crippen LogP contribution in [0.3, 0.4) is 0 Å². The van der Waals surface area contributed by atoms with E-state index in [9.17, 15) is 13.2 Å². The predicted octanol–water partition coefficient (Wildman–Crippen LogP) is 3.44. The molecule has 1 N–H and O–H groups in total. The number of anilines is 3. The van der Waals surface area contributed by atoms with Crippen molar-refractivity contribution in [1.29, 1.82) is 0 Å². The summed E-state index contributed by atoms with van der Waals surface area (Å²) in [6, 6.07) is 7.13. The van der Waals surface area contributed by atoms with E-state index in [-0.39, 0.29) is 5.95 Å². The van der Waals surface area contributed by atoms with E-state index in [1.54, 1.807) is 0 Å². The number of alkyl halides is 3. The molecule has 0 spiro atoms. The molecule has 138 valence electrons. The predicted molar refractivity (Wildman–Crippen MR) is 93.7 cm³/mol. The number of fused-ring (bicyclic) bond motifs is 2. The van der Waals surface area contributed by atoms with Crippen molar-refractivity contribution in [3.8, 4) is 0 Å². The average molecular weight is 363 g/mol. The summed E-state index contributed by atoms with van der Waals surface area (Å²) in [7, 11) is 2.17. The number of hydrogen-bond donors (Lipinski definition) is 1. The Labute approximate surface area is 149 Å². The van der Waals surface area contributed by atoms with Crippen LogP contribution in [0.25, 0.3) is 0 Å². The van der Waals surface area contributed by atoms with Crippen molar-refractivity contribution < 1.29 is 13.2 Å². The minimum absolute atomic E-state index is 0.145. The number of aromatic nitrogens is 2. The maximum atomic E-state index is 12.6. The van der Waals surface area contributed by atoms with Gasteiger partial charge < -0.3 is 10.2 Å². The van der Waals surface area contributed by atoms with Gasteiger partial charge in [-0.1, -0.05) is 0 Å². The number of hydrogen-bond acceptors (Lipinski definition) is 5. The number of halogens is 3. The molecule has 3 heterocycles. The van der Waals surface area contributed by atoms with E-state index in [1.807, 2.05) is 19.1 Å². The first kappa shape index (κ1) is 17.1. The van der Waals surface area contributed by atoms with Gasteiger partial charge in [0.1, 0.15) is 0 Å². The Morgan fingerprint density at radius 3 is 2.38 bits per heavy atom. The molecule has 1 aromatic heterocycles. The molecule has 2 aromatic rings. The van der Waals surface area contributed by atoms with Crippen molar-refractivity contribution in [2.24, 2.45) is 0 Å². The van der Waals surface area contributed by atoms with Crippen LogP contribution in [0, 0.1) is 6.92 Å². The van der Waals surface area contributed by atoms with E-state index >= 15 is 0 Å². The summed E-state index contributed by atoms with van der Waals surface area (Å²) in [5, 5.41) is 2.97. The molecule has 5 nitrogen and oxygen atoms in total. The first-order chi connectivity index (χ1) is 12.3. The van der Waals surface area contributed by atoms with Crippen LogP contribution in [-0.2, 0) is 6.18 Å². The van der Waals surface area contributed by atoms with Crippen molar-refractivity contribution in [1.82, 2.24) is 14.9 Å². The largest absolute Gasteiger partial charge is 0.419 e. The quantitative estimate of drug-likeness (QED) is 0.905. The number of piperazine rings is 1. The smallest absolute Gasteiger partial charge is 0.365 e. The summed E-state index contributed by atoms with van der Waals surface area (Å²) in [5.74, 6) is 0.145. The van der Waals surface area contributed by atoms with E-state index in [0.717, 1.165) is 36.7 Å². The van der Waals surface area contributed by atoms with Crippen LogP contribution < -0.4 is 10.2 Å². The van der Waals surface area contributed by atoms with Crippen LogP contribution in [0.2, 0.25) is 0 Å². The van der Waals surface area contributed by atoms with Gasteiger partial charge in [0, 0.05) is 48.9 Å². The first-order valence-electron chi connectivity index (χ1n) is 8.55. The van der Waals surface area contributed by atoms with Gasteiger partial charge in [-0.25, -0.2) is 9.97 Å². The Bertz CT molecular complexity index is 803. The molecule has 0 radical (unpaired) electrons. The highest BCUT2D eigenvalue weighted by Crippen LogP contribution is 2.36. The zero-order valence-corrected chi connectivity index (χ0v) is 14.6. The number of aryl methyl sites for hydroxylation is 1. The molecule has 0 amide bonds. The summed E-state index contributed by atoms with van der Waals surface area (Å²) in [6.07, 6.45) is -1.66. The molecule has 2 atom stereocenters. The normalized spacial score (nSPS) is 22.9. The number of benzene rings is 1. The molecular weight excluding hydrogens is 343 g/mol. The van der Waals surface area contributed by atoms with Gasteiger partial charge in [-0.15, -0.1) is 0 Å². The maximum absolute atomic E-state index is 12.6. The Kier molecular flexibility index (Phi) is 4.02. The number of nitrogens with one attached hydrogen (secondary N) is 1. The first-order valence-corrected chi connectivity index (χ1v) is 8.55. The summed E-state index contributed by atoms with van der Waals surface area (Å²) in [6.45, 7) is 4.17. The summed E-state index contributed by atoms with van der Waals surface area (Å²) < 4.78 is 37.7. The van der Waals surface area contributed by atoms with Gasteiger partial charge in [0.05, 0.1) is 5.56 Å². The second-order valence-electron chi connectivity index (χ2n) is 7.05. The van der Waals surface area contributed by atoms with Crippen LogP contribution in [0.15, 0.2) is 30.6 Å². The van der Waals surface area contributed by atoms with Crippen molar-refractivity contribution >= 4 is 17.3 Å². The van der Waals surface area contributed by atoms with Gasteiger partial charge in [0.2, 0.25) is 5.95 Å². The lowest BCUT2D eigenvalue weighted by Crippen LogP contribution is -2.44. The van der Waals surface area contributed by atoms with Gasteiger partial charge in [0.25, 0.3) is 0 Å². The minimum Gasteiger partial charge on any atom is -0.365 e. The van der Waals surface area contributed by atoms with Crippen molar-refractivity contribution in [2.45, 2.75) is 31.6 Å². The molecule has 2 unspecified atom stereocenters. The van der Waals surface area contributed by atoms with Gasteiger partial charge in [-0.05, 0) is 44.2 Å². The van der Waals surface area contributed by atoms with Crippen molar-refractivity contribution in [3.05, 3.63) is 41.7 Å². The zero-order valence-electron chi connectivity index (χ0n) is 14.6. The van der Waals surface area contributed by atoms with Crippen molar-refractivity contribution in [2.75, 3.05) is 30.4 Å². The molecule has 0 saturated carbocycles. The third-order valence-electron chi connectivity index (χ3n) is 5.26. The lowest BCUT2D eigenvalue weighted by atomic mass is 10.1. The van der Waals surface area contributed by atoms with E-state index < -0.39 is 11.7 Å². The van der Waals surface area contributed by atoms with E-state index in [1.165, 1.54) is 12.1 Å². The van der Waals surface area contributed by atoms with Crippen LogP contribution in [0.1, 0.15) is 17.5 Å². The monoisotopic (exact) mass is 363 g/mol. The molecular formula is C18H20F3N5. The average Bonchev–Trinajstić information content (AvgIpc) is 3.14. The Balaban J connectivity index is 1.48. The van der Waals surface area contributed by atoms with Gasteiger partial charge in [0.15, 0.2) is 0 Å². The van der Waals surface area contributed by atoms with Gasteiger partial charge >= 0.3 is 6.18 Å². The molecule has 1 aromatic carbocycles. The highest BCUT2D eigenvalue weighted by Gasteiger charge is 2.41. The third-order valence-corrected chi connectivity index (χ3v) is 5.26. The lowest BCUT2D eigenvalue weighted by molar-refractivity contribution is -0.138. The van der Waals surface area contributed by atoms with Gasteiger partial charge in [-0.2, -0.15) is 13.2 Å². The fraction of sp³-hybridized carbons (Fsp3) is 0.444. The summed E-state index contributed by atoms with van der Waals surface area (Å²) >= 11 is 0. The third kappa shape index (κ3) is 3.09. The SMILES string of the molecule is Cc1cc(Nc2ncc(C(F)(F)F)cn2)ccc1N1CC2CC1CN2C. The Morgan fingerprint density at radius 2 is 1.85 bits per heavy atom. The fourth-order valence-electron chi connectivity index (χ4n) is 3.88. The standard InChI is InChI=1S/C18H20F3N5/c1-11-5-13(24-17-22-7-12(8-23-17)18(19,20)21)3-4-16(11)26-10-14-6-15(26)9-25(14)2/h3-5,7-8,14-15H,6,9-10H2,1-2H3,(H,22,23,24). The van der Waals surface area contributed by atoms with E-state index in [4.69, 9.17) is 0 Å². The van der Waals surface area contributed by atoms with Crippen LogP contribution >= 0.6 is 0 Å². The van der Waals surface area contributed by atoms with Gasteiger partial charge in [-0.3, -0.25) is 4.90 Å². The Morgan fingerprint density at radius 1 is 1.12 bits per heavy atom. The number of nitrogens with zero attached hydrogens (tertiary/aromatic N) is 4. The molecule has 0 aliphatic carbocycles. The zero-order chi connectivity index (χ0) is 18.5. The molecule has 2 aliphatic heterocycles. The molecule has 2 fully saturated rings. The molecule has 2 aliphatic rings. The van der Waals surface area contributed by atoms with Crippen LogP contribution in [0.5, 0.6) is 0 Å². The van der Waals surface area contributed by atoms with E-state index in [2.05, 4.69) is 38.2 Å². The Hall–Kier alpha value is -2.35. The second-order valence-corrected chi connectivity index (χ2v) is 7.05. The topological polar surface area (TPSA) is 44.3 Å². The van der Waals surface area contributed by atoms with Crippen molar-refractivity contribution in [3.63, 3.8) is 0 Å². The number of rotatable bonds is 3. The van der Waals surface area contributed by atoms with E-state index in [0.29, 0.717) is 12.1 Å². The highest BCUT2D eigenvalue weighted by molar-refractivity contribution is 5.64. The maximum Gasteiger partial charge on any atom is 0.419 e. The molecule has 2 bridgehead atoms. The molecule has 2 saturated heterocycles. The molecule has 4 rings (SSSR count). The summed E-state index contributed by atoms with van der Waals surface area (Å²) in [5.41, 5.74) is 2.23. The highest BCUT2D eigenvalue weighted by atomic mass is 19.4. The van der Waals surface area contributed by atoms with Crippen LogP contribution in [-0.4, -0.2) is 47.1 Å². The number of likely N-dealkylation sites (N-methyl/N-ethyl adjacent to an activating group) is 1. The molecule has 26 heavy (non-hydrogen) atoms. The number of likely N-dealkylation sites (tertiary alicyclic amines) is 1. The minimum atomic E-state index is -4.43. The fourth-order valence-corrected chi connectivity index (χ4v) is 3.88. The van der Waals surface area contributed by atoms with Crippen LogP contribution in [0.4, 0.5) is 30.5 Å².